The van der Waals surface area contributed by atoms with Crippen molar-refractivity contribution in [2.24, 2.45) is 5.92 Å². The molecule has 0 radical (unpaired) electrons. The van der Waals surface area contributed by atoms with Crippen molar-refractivity contribution in [3.8, 4) is 17.2 Å². The van der Waals surface area contributed by atoms with E-state index in [2.05, 4.69) is 15.6 Å². The lowest BCUT2D eigenvalue weighted by Crippen LogP contribution is -2.53. The van der Waals surface area contributed by atoms with Gasteiger partial charge in [-0.2, -0.15) is 0 Å². The largest absolute Gasteiger partial charge is 0.480 e. The summed E-state index contributed by atoms with van der Waals surface area (Å²) in [4.78, 5) is 43.2. The summed E-state index contributed by atoms with van der Waals surface area (Å²) in [6.45, 7) is 1.71. The summed E-state index contributed by atoms with van der Waals surface area (Å²) >= 11 is 0. The quantitative estimate of drug-likeness (QED) is 0.149. The molecule has 0 aliphatic carbocycles. The maximum atomic E-state index is 13.9. The number of rotatable bonds is 17. The zero-order valence-electron chi connectivity index (χ0n) is 25.8. The molecule has 12 heteroatoms. The molecule has 3 N–H and O–H groups in total. The van der Waals surface area contributed by atoms with Crippen LogP contribution >= 0.6 is 0 Å². The third-order valence-electron chi connectivity index (χ3n) is 7.15. The van der Waals surface area contributed by atoms with Crippen molar-refractivity contribution in [1.29, 1.82) is 0 Å². The Morgan fingerprint density at radius 1 is 1.02 bits per heavy atom. The lowest BCUT2D eigenvalue weighted by molar-refractivity contribution is -0.139. The van der Waals surface area contributed by atoms with E-state index in [1.54, 1.807) is 42.7 Å². The predicted octanol–water partition coefficient (Wildman–Crippen LogP) is 3.25. The molecule has 3 aromatic rings. The van der Waals surface area contributed by atoms with E-state index in [4.69, 9.17) is 23.7 Å². The Bertz CT molecular complexity index is 1450. The van der Waals surface area contributed by atoms with E-state index in [0.717, 1.165) is 11.1 Å². The number of pyridine rings is 1. The van der Waals surface area contributed by atoms with Gasteiger partial charge >= 0.3 is 5.97 Å². The number of hydrogen-bond acceptors (Lipinski definition) is 10. The van der Waals surface area contributed by atoms with Crippen molar-refractivity contribution in [1.82, 2.24) is 15.6 Å². The number of esters is 1. The second kappa shape index (κ2) is 17.5. The summed E-state index contributed by atoms with van der Waals surface area (Å²) in [5, 5.41) is 15.5. The van der Waals surface area contributed by atoms with E-state index in [9.17, 15) is 19.5 Å². The fourth-order valence-electron chi connectivity index (χ4n) is 4.70. The van der Waals surface area contributed by atoms with Gasteiger partial charge in [-0.1, -0.05) is 55.5 Å². The van der Waals surface area contributed by atoms with Gasteiger partial charge in [0.15, 0.2) is 17.6 Å². The van der Waals surface area contributed by atoms with Gasteiger partial charge in [-0.25, -0.2) is 0 Å². The van der Waals surface area contributed by atoms with Crippen molar-refractivity contribution in [2.45, 2.75) is 44.6 Å². The average Bonchev–Trinajstić information content (AvgIpc) is 3.55. The van der Waals surface area contributed by atoms with Crippen molar-refractivity contribution < 1.29 is 43.2 Å². The molecule has 0 saturated carbocycles. The summed E-state index contributed by atoms with van der Waals surface area (Å²) in [6.07, 6.45) is 5.69. The normalized spacial score (nSPS) is 14.6. The predicted molar refractivity (Wildman–Crippen MR) is 167 cm³/mol. The minimum absolute atomic E-state index is 0.0280. The number of aromatic nitrogens is 1. The molecular formula is C34H39N3O9. The highest BCUT2D eigenvalue weighted by Gasteiger charge is 2.30. The number of carbonyl (C=O) groups excluding carboxylic acids is 3. The number of aliphatic hydroxyl groups is 1. The van der Waals surface area contributed by atoms with E-state index in [0.29, 0.717) is 17.2 Å². The molecule has 2 amide bonds. The van der Waals surface area contributed by atoms with Crippen LogP contribution < -0.4 is 24.8 Å². The monoisotopic (exact) mass is 633 g/mol. The Morgan fingerprint density at radius 3 is 2.57 bits per heavy atom. The zero-order valence-corrected chi connectivity index (χ0v) is 25.8. The van der Waals surface area contributed by atoms with Crippen LogP contribution in [0.1, 0.15) is 36.9 Å². The first kappa shape index (κ1) is 33.9. The highest BCUT2D eigenvalue weighted by molar-refractivity contribution is 5.90. The minimum Gasteiger partial charge on any atom is -0.480 e. The summed E-state index contributed by atoms with van der Waals surface area (Å²) in [5.74, 6) is -0.402. The van der Waals surface area contributed by atoms with Gasteiger partial charge in [-0.15, -0.1) is 0 Å². The highest BCUT2D eigenvalue weighted by Crippen LogP contribution is 2.35. The lowest BCUT2D eigenvalue weighted by atomic mass is 9.94. The van der Waals surface area contributed by atoms with E-state index in [1.807, 2.05) is 49.4 Å². The topological polar surface area (TPSA) is 155 Å². The molecule has 4 atom stereocenters. The Morgan fingerprint density at radius 2 is 1.83 bits per heavy atom. The van der Waals surface area contributed by atoms with Gasteiger partial charge in [0.25, 0.3) is 5.91 Å². The van der Waals surface area contributed by atoms with Crippen LogP contribution in [0.25, 0.3) is 0 Å². The number of carbonyl (C=O) groups is 3. The van der Waals surface area contributed by atoms with Crippen LogP contribution in [-0.2, 0) is 30.5 Å². The summed E-state index contributed by atoms with van der Waals surface area (Å²) in [5.41, 5.74) is 1.63. The lowest BCUT2D eigenvalue weighted by Gasteiger charge is -2.27. The van der Waals surface area contributed by atoms with Crippen LogP contribution in [0.3, 0.4) is 0 Å². The first-order chi connectivity index (χ1) is 22.4. The molecule has 0 spiro atoms. The standard InChI is InChI=1S/C34H39N3O9/c1-23(8-6-12-31(39)42-2)32(25-11-7-16-35-19-25)37-33(40)27(21-43-20-24-9-4-3-5-10-24)36-34(41)29(15-17-38)46-26-13-14-28-30(18-26)45-22-44-28/h3-11,13-14,16,18-19,23,27,29,32,38H,12,15,17,20-22H2,1-2H3,(H,36,41)(H,37,40)/b8-6+/t23-,27-,29?,32+/m0/s1. The SMILES string of the molecule is COC(=O)C/C=C/[C@H](C)[C@@H](NC(=O)[C@H](COCc1ccccc1)NC(=O)C(CCO)Oc1ccc2c(c1)OCO2)c1cccnc1. The van der Waals surface area contributed by atoms with E-state index in [-0.39, 0.29) is 51.3 Å². The summed E-state index contributed by atoms with van der Waals surface area (Å²) < 4.78 is 27.3. The fraction of sp³-hybridized carbons (Fsp3) is 0.353. The van der Waals surface area contributed by atoms with Crippen molar-refractivity contribution in [3.63, 3.8) is 0 Å². The molecule has 4 rings (SSSR count). The van der Waals surface area contributed by atoms with Crippen LogP contribution in [0.5, 0.6) is 17.2 Å². The van der Waals surface area contributed by atoms with Gasteiger partial charge in [-0.3, -0.25) is 19.4 Å². The summed E-state index contributed by atoms with van der Waals surface area (Å²) in [7, 11) is 1.32. The van der Waals surface area contributed by atoms with Crippen molar-refractivity contribution >= 4 is 17.8 Å². The van der Waals surface area contributed by atoms with Crippen LogP contribution in [0.15, 0.2) is 85.2 Å². The molecule has 0 bridgehead atoms. The highest BCUT2D eigenvalue weighted by atomic mass is 16.7. The van der Waals surface area contributed by atoms with Crippen LogP contribution in [0, 0.1) is 5.92 Å². The molecule has 1 aromatic heterocycles. The molecule has 0 saturated heterocycles. The summed E-state index contributed by atoms with van der Waals surface area (Å²) in [6, 6.07) is 16.2. The van der Waals surface area contributed by atoms with E-state index < -0.39 is 30.0 Å². The molecule has 244 valence electrons. The zero-order chi connectivity index (χ0) is 32.7. The molecule has 1 unspecified atom stereocenters. The van der Waals surface area contributed by atoms with Crippen molar-refractivity contribution in [2.75, 3.05) is 27.1 Å². The third kappa shape index (κ3) is 10.0. The van der Waals surface area contributed by atoms with Crippen molar-refractivity contribution in [3.05, 3.63) is 96.3 Å². The number of amides is 2. The number of methoxy groups -OCH3 is 1. The molecule has 12 nitrogen and oxygen atoms in total. The van der Waals surface area contributed by atoms with E-state index in [1.165, 1.54) is 7.11 Å². The smallest absolute Gasteiger partial charge is 0.309 e. The molecule has 46 heavy (non-hydrogen) atoms. The number of benzene rings is 2. The maximum absolute atomic E-state index is 13.9. The molecule has 1 aliphatic rings. The van der Waals surface area contributed by atoms with Gasteiger partial charge in [0.05, 0.1) is 32.8 Å². The van der Waals surface area contributed by atoms with Gasteiger partial charge in [0.2, 0.25) is 12.7 Å². The van der Waals surface area contributed by atoms with Gasteiger partial charge in [0, 0.05) is 31.5 Å². The first-order valence-corrected chi connectivity index (χ1v) is 14.9. The molecule has 0 fully saturated rings. The molecule has 2 aromatic carbocycles. The number of nitrogens with zero attached hydrogens (tertiary/aromatic N) is 1. The maximum Gasteiger partial charge on any atom is 0.309 e. The Balaban J connectivity index is 1.51. The second-order valence-electron chi connectivity index (χ2n) is 10.5. The molecule has 2 heterocycles. The molecular weight excluding hydrogens is 594 g/mol. The second-order valence-corrected chi connectivity index (χ2v) is 10.5. The van der Waals surface area contributed by atoms with Gasteiger partial charge in [0.1, 0.15) is 11.8 Å². The van der Waals surface area contributed by atoms with E-state index >= 15 is 0 Å². The number of fused-ring (bicyclic) bond motifs is 1. The van der Waals surface area contributed by atoms with Crippen LogP contribution in [0.2, 0.25) is 0 Å². The Kier molecular flexibility index (Phi) is 12.9. The average molecular weight is 634 g/mol. The minimum atomic E-state index is -1.12. The Labute approximate surface area is 267 Å². The van der Waals surface area contributed by atoms with Gasteiger partial charge in [-0.05, 0) is 35.2 Å². The Hall–Kier alpha value is -4.94. The number of ether oxygens (including phenoxy) is 5. The fourth-order valence-corrected chi connectivity index (χ4v) is 4.70. The van der Waals surface area contributed by atoms with Crippen LogP contribution in [-0.4, -0.2) is 67.1 Å². The van der Waals surface area contributed by atoms with Crippen LogP contribution in [0.4, 0.5) is 0 Å². The number of nitrogens with one attached hydrogen (secondary N) is 2. The third-order valence-corrected chi connectivity index (χ3v) is 7.15. The molecule has 1 aliphatic heterocycles. The number of hydrogen-bond donors (Lipinski definition) is 3. The van der Waals surface area contributed by atoms with Gasteiger partial charge < -0.3 is 39.4 Å². The first-order valence-electron chi connectivity index (χ1n) is 14.9. The number of aliphatic hydroxyl groups excluding tert-OH is 1.